The number of carbonyl (C=O) groups excluding carboxylic acids is 1. The molecule has 0 aliphatic heterocycles. The van der Waals surface area contributed by atoms with Crippen LogP contribution in [-0.2, 0) is 0 Å². The molecule has 1 aromatic carbocycles. The maximum Gasteiger partial charge on any atom is 0.284 e. The van der Waals surface area contributed by atoms with Crippen LogP contribution < -0.4 is 10.9 Å². The van der Waals surface area contributed by atoms with E-state index in [0.29, 0.717) is 34.8 Å². The summed E-state index contributed by atoms with van der Waals surface area (Å²) < 4.78 is 1.17. The molecule has 30 heavy (non-hydrogen) atoms. The van der Waals surface area contributed by atoms with Crippen LogP contribution in [0.2, 0.25) is 5.02 Å². The second-order valence-electron chi connectivity index (χ2n) is 7.31. The molecule has 0 unspecified atom stereocenters. The SMILES string of the molecule is O=C(N[C@H]1CCCC[C@H]1O)c1cc(-c2ccc(Cl)cc2)nn(-c2cccnc2)c1=O. The Labute approximate surface area is 178 Å². The molecular formula is C22H21ClN4O3. The molecule has 7 nitrogen and oxygen atoms in total. The number of hydrogen-bond donors (Lipinski definition) is 2. The van der Waals surface area contributed by atoms with Gasteiger partial charge in [0.25, 0.3) is 11.5 Å². The third-order valence-corrected chi connectivity index (χ3v) is 5.48. The molecule has 1 aliphatic rings. The zero-order valence-electron chi connectivity index (χ0n) is 16.2. The lowest BCUT2D eigenvalue weighted by Gasteiger charge is -2.28. The Balaban J connectivity index is 1.78. The van der Waals surface area contributed by atoms with E-state index in [1.165, 1.54) is 16.9 Å². The van der Waals surface area contributed by atoms with Gasteiger partial charge in [0.1, 0.15) is 5.56 Å². The fraction of sp³-hybridized carbons (Fsp3) is 0.273. The Morgan fingerprint density at radius 3 is 2.63 bits per heavy atom. The van der Waals surface area contributed by atoms with Crippen LogP contribution in [0.4, 0.5) is 0 Å². The summed E-state index contributed by atoms with van der Waals surface area (Å²) in [6.45, 7) is 0. The van der Waals surface area contributed by atoms with E-state index in [1.807, 2.05) is 0 Å². The largest absolute Gasteiger partial charge is 0.391 e. The van der Waals surface area contributed by atoms with E-state index in [0.717, 1.165) is 12.8 Å². The molecule has 0 spiro atoms. The molecule has 4 rings (SSSR count). The van der Waals surface area contributed by atoms with E-state index < -0.39 is 17.6 Å². The van der Waals surface area contributed by atoms with E-state index in [9.17, 15) is 14.7 Å². The number of carbonyl (C=O) groups is 1. The van der Waals surface area contributed by atoms with E-state index in [1.54, 1.807) is 42.6 Å². The van der Waals surface area contributed by atoms with Gasteiger partial charge in [0.15, 0.2) is 0 Å². The molecule has 2 heterocycles. The number of aliphatic hydroxyl groups is 1. The Kier molecular flexibility index (Phi) is 5.92. The predicted octanol–water partition coefficient (Wildman–Crippen LogP) is 2.98. The monoisotopic (exact) mass is 424 g/mol. The quantitative estimate of drug-likeness (QED) is 0.671. The van der Waals surface area contributed by atoms with Gasteiger partial charge >= 0.3 is 0 Å². The molecule has 0 saturated heterocycles. The highest BCUT2D eigenvalue weighted by Gasteiger charge is 2.26. The molecule has 2 N–H and O–H groups in total. The summed E-state index contributed by atoms with van der Waals surface area (Å²) in [6, 6.07) is 11.5. The molecule has 0 bridgehead atoms. The number of hydrogen-bond acceptors (Lipinski definition) is 5. The van der Waals surface area contributed by atoms with E-state index >= 15 is 0 Å². The first-order chi connectivity index (χ1) is 14.5. The number of rotatable bonds is 4. The summed E-state index contributed by atoms with van der Waals surface area (Å²) in [5.74, 6) is -0.527. The van der Waals surface area contributed by atoms with Crippen molar-refractivity contribution in [3.05, 3.63) is 75.8 Å². The van der Waals surface area contributed by atoms with Crippen molar-refractivity contribution in [2.45, 2.75) is 37.8 Å². The maximum atomic E-state index is 13.1. The number of amides is 1. The highest BCUT2D eigenvalue weighted by molar-refractivity contribution is 6.30. The average Bonchev–Trinajstić information content (AvgIpc) is 2.76. The minimum atomic E-state index is -0.610. The first kappa shape index (κ1) is 20.3. The van der Waals surface area contributed by atoms with Crippen LogP contribution >= 0.6 is 11.6 Å². The van der Waals surface area contributed by atoms with Crippen LogP contribution in [0, 0.1) is 0 Å². The molecule has 8 heteroatoms. The van der Waals surface area contributed by atoms with Gasteiger partial charge in [-0.15, -0.1) is 0 Å². The lowest BCUT2D eigenvalue weighted by molar-refractivity contribution is 0.0716. The fourth-order valence-corrected chi connectivity index (χ4v) is 3.72. The average molecular weight is 425 g/mol. The molecular weight excluding hydrogens is 404 g/mol. The summed E-state index contributed by atoms with van der Waals surface area (Å²) in [5.41, 5.74) is 1.01. The number of nitrogens with one attached hydrogen (secondary N) is 1. The van der Waals surface area contributed by atoms with Crippen LogP contribution in [-0.4, -0.2) is 37.9 Å². The van der Waals surface area contributed by atoms with Gasteiger partial charge < -0.3 is 10.4 Å². The minimum absolute atomic E-state index is 0.0448. The molecule has 154 valence electrons. The second-order valence-corrected chi connectivity index (χ2v) is 7.75. The normalized spacial score (nSPS) is 18.7. The van der Waals surface area contributed by atoms with Crippen LogP contribution in [0.25, 0.3) is 16.9 Å². The van der Waals surface area contributed by atoms with Gasteiger partial charge in [0.2, 0.25) is 0 Å². The minimum Gasteiger partial charge on any atom is -0.391 e. The van der Waals surface area contributed by atoms with Gasteiger partial charge in [-0.3, -0.25) is 14.6 Å². The molecule has 2 aromatic heterocycles. The van der Waals surface area contributed by atoms with Gasteiger partial charge in [0.05, 0.1) is 29.7 Å². The van der Waals surface area contributed by atoms with Crippen LogP contribution in [0.5, 0.6) is 0 Å². The Bertz CT molecular complexity index is 1100. The molecule has 1 amide bonds. The number of benzene rings is 1. The highest BCUT2D eigenvalue weighted by Crippen LogP contribution is 2.21. The summed E-state index contributed by atoms with van der Waals surface area (Å²) in [4.78, 5) is 30.1. The maximum absolute atomic E-state index is 13.1. The fourth-order valence-electron chi connectivity index (χ4n) is 3.60. The summed E-state index contributed by atoms with van der Waals surface area (Å²) in [7, 11) is 0. The van der Waals surface area contributed by atoms with Crippen molar-refractivity contribution in [2.24, 2.45) is 0 Å². The highest BCUT2D eigenvalue weighted by atomic mass is 35.5. The van der Waals surface area contributed by atoms with Crippen molar-refractivity contribution in [3.8, 4) is 16.9 Å². The summed E-state index contributed by atoms with van der Waals surface area (Å²) in [5, 5.41) is 18.0. The first-order valence-corrected chi connectivity index (χ1v) is 10.2. The zero-order chi connectivity index (χ0) is 21.1. The zero-order valence-corrected chi connectivity index (χ0v) is 16.9. The van der Waals surface area contributed by atoms with E-state index in [4.69, 9.17) is 11.6 Å². The van der Waals surface area contributed by atoms with Crippen molar-refractivity contribution < 1.29 is 9.90 Å². The van der Waals surface area contributed by atoms with Gasteiger partial charge in [-0.25, -0.2) is 0 Å². The van der Waals surface area contributed by atoms with Crippen molar-refractivity contribution in [2.75, 3.05) is 0 Å². The van der Waals surface area contributed by atoms with Crippen LogP contribution in [0.15, 0.2) is 59.7 Å². The third-order valence-electron chi connectivity index (χ3n) is 5.23. The Morgan fingerprint density at radius 1 is 1.17 bits per heavy atom. The molecule has 1 aliphatic carbocycles. The van der Waals surface area contributed by atoms with Crippen LogP contribution in [0.3, 0.4) is 0 Å². The molecule has 2 atom stereocenters. The van der Waals surface area contributed by atoms with Gasteiger partial charge in [0, 0.05) is 16.8 Å². The number of aromatic nitrogens is 3. The van der Waals surface area contributed by atoms with Crippen molar-refractivity contribution in [1.82, 2.24) is 20.1 Å². The van der Waals surface area contributed by atoms with Crippen molar-refractivity contribution in [1.29, 1.82) is 0 Å². The van der Waals surface area contributed by atoms with Gasteiger partial charge in [-0.2, -0.15) is 9.78 Å². The number of nitrogens with zero attached hydrogens (tertiary/aromatic N) is 3. The van der Waals surface area contributed by atoms with Gasteiger partial charge in [-0.05, 0) is 43.2 Å². The topological polar surface area (TPSA) is 97.1 Å². The molecule has 1 fully saturated rings. The van der Waals surface area contributed by atoms with E-state index in [-0.39, 0.29) is 11.6 Å². The second kappa shape index (κ2) is 8.77. The van der Waals surface area contributed by atoms with Crippen molar-refractivity contribution in [3.63, 3.8) is 0 Å². The summed E-state index contributed by atoms with van der Waals surface area (Å²) in [6.07, 6.45) is 5.66. The van der Waals surface area contributed by atoms with E-state index in [2.05, 4.69) is 15.4 Å². The summed E-state index contributed by atoms with van der Waals surface area (Å²) >= 11 is 5.98. The van der Waals surface area contributed by atoms with Gasteiger partial charge in [-0.1, -0.05) is 36.6 Å². The van der Waals surface area contributed by atoms with Crippen molar-refractivity contribution >= 4 is 17.5 Å². The standard InChI is InChI=1S/C22H21ClN4O3/c23-15-9-7-14(8-10-15)19-12-17(21(29)25-18-5-1-2-6-20(18)28)22(30)27(26-19)16-4-3-11-24-13-16/h3-4,7-13,18,20,28H,1-2,5-6H2,(H,25,29)/t18-,20+/m0/s1. The van der Waals surface area contributed by atoms with Crippen LogP contribution in [0.1, 0.15) is 36.0 Å². The molecule has 0 radical (unpaired) electrons. The number of pyridine rings is 1. The lowest BCUT2D eigenvalue weighted by Crippen LogP contribution is -2.46. The predicted molar refractivity (Wildman–Crippen MR) is 114 cm³/mol. The molecule has 1 saturated carbocycles. The number of aliphatic hydroxyl groups excluding tert-OH is 1. The Hall–Kier alpha value is -3.03. The lowest BCUT2D eigenvalue weighted by atomic mass is 9.92. The molecule has 3 aromatic rings. The smallest absolute Gasteiger partial charge is 0.284 e. The first-order valence-electron chi connectivity index (χ1n) is 9.82. The Morgan fingerprint density at radius 2 is 1.93 bits per heavy atom. The number of halogens is 1. The third kappa shape index (κ3) is 4.27.